The molecule has 1 aromatic carbocycles. The van der Waals surface area contributed by atoms with Crippen LogP contribution in [-0.4, -0.2) is 38.1 Å². The third-order valence-corrected chi connectivity index (χ3v) is 3.96. The van der Waals surface area contributed by atoms with E-state index in [0.29, 0.717) is 23.7 Å². The SMILES string of the molecule is CCC(C)C(NC(=O)c1ccc(Cl)cc1)C(=O)NCCCOC. The molecule has 0 aliphatic carbocycles. The summed E-state index contributed by atoms with van der Waals surface area (Å²) in [5, 5.41) is 6.23. The number of carbonyl (C=O) groups is 2. The highest BCUT2D eigenvalue weighted by Crippen LogP contribution is 2.12. The molecule has 0 aliphatic heterocycles. The van der Waals surface area contributed by atoms with Crippen LogP contribution in [0.5, 0.6) is 0 Å². The number of halogens is 1. The zero-order valence-corrected chi connectivity index (χ0v) is 14.7. The number of ether oxygens (including phenoxy) is 1. The summed E-state index contributed by atoms with van der Waals surface area (Å²) >= 11 is 5.82. The van der Waals surface area contributed by atoms with Crippen molar-refractivity contribution in [2.24, 2.45) is 5.92 Å². The molecular formula is C17H25ClN2O3. The van der Waals surface area contributed by atoms with Crippen LogP contribution in [0.3, 0.4) is 0 Å². The first-order valence-corrected chi connectivity index (χ1v) is 8.20. The molecule has 2 unspecified atom stereocenters. The van der Waals surface area contributed by atoms with Crippen LogP contribution >= 0.6 is 11.6 Å². The second-order valence-corrected chi connectivity index (χ2v) is 5.92. The third-order valence-electron chi connectivity index (χ3n) is 3.71. The molecule has 0 heterocycles. The van der Waals surface area contributed by atoms with Gasteiger partial charge in [0.2, 0.25) is 5.91 Å². The van der Waals surface area contributed by atoms with Gasteiger partial charge in [0.1, 0.15) is 6.04 Å². The van der Waals surface area contributed by atoms with Crippen molar-refractivity contribution in [2.45, 2.75) is 32.7 Å². The molecular weight excluding hydrogens is 316 g/mol. The maximum Gasteiger partial charge on any atom is 0.251 e. The predicted molar refractivity (Wildman–Crippen MR) is 91.7 cm³/mol. The number of hydrogen-bond donors (Lipinski definition) is 2. The van der Waals surface area contributed by atoms with Gasteiger partial charge >= 0.3 is 0 Å². The number of amides is 2. The van der Waals surface area contributed by atoms with Gasteiger partial charge in [0, 0.05) is 30.8 Å². The van der Waals surface area contributed by atoms with Crippen LogP contribution in [0.15, 0.2) is 24.3 Å². The predicted octanol–water partition coefficient (Wildman–Crippen LogP) is 2.64. The summed E-state index contributed by atoms with van der Waals surface area (Å²) in [5.41, 5.74) is 0.481. The molecule has 0 bridgehead atoms. The average molecular weight is 341 g/mol. The van der Waals surface area contributed by atoms with Crippen LogP contribution < -0.4 is 10.6 Å². The molecule has 6 heteroatoms. The second kappa shape index (κ2) is 10.2. The Morgan fingerprint density at radius 1 is 1.26 bits per heavy atom. The molecule has 128 valence electrons. The standard InChI is InChI=1S/C17H25ClN2O3/c1-4-12(2)15(17(22)19-10-5-11-23-3)20-16(21)13-6-8-14(18)9-7-13/h6-9,12,15H,4-5,10-11H2,1-3H3,(H,19,22)(H,20,21). The minimum Gasteiger partial charge on any atom is -0.385 e. The summed E-state index contributed by atoms with van der Waals surface area (Å²) in [4.78, 5) is 24.7. The van der Waals surface area contributed by atoms with Gasteiger partial charge in [-0.05, 0) is 36.6 Å². The van der Waals surface area contributed by atoms with Crippen LogP contribution in [0, 0.1) is 5.92 Å². The molecule has 1 aromatic rings. The lowest BCUT2D eigenvalue weighted by atomic mass is 9.98. The third kappa shape index (κ3) is 6.59. The Morgan fingerprint density at radius 3 is 2.48 bits per heavy atom. The molecule has 0 spiro atoms. The Morgan fingerprint density at radius 2 is 1.91 bits per heavy atom. The first-order valence-electron chi connectivity index (χ1n) is 7.82. The molecule has 0 saturated heterocycles. The number of hydrogen-bond acceptors (Lipinski definition) is 3. The van der Waals surface area contributed by atoms with Crippen LogP contribution in [0.2, 0.25) is 5.02 Å². The summed E-state index contributed by atoms with van der Waals surface area (Å²) < 4.78 is 4.95. The Hall–Kier alpha value is -1.59. The van der Waals surface area contributed by atoms with Crippen molar-refractivity contribution in [3.63, 3.8) is 0 Å². The van der Waals surface area contributed by atoms with Crippen molar-refractivity contribution in [2.75, 3.05) is 20.3 Å². The zero-order valence-electron chi connectivity index (χ0n) is 13.9. The van der Waals surface area contributed by atoms with E-state index in [4.69, 9.17) is 16.3 Å². The molecule has 2 atom stereocenters. The quantitative estimate of drug-likeness (QED) is 0.679. The molecule has 1 rings (SSSR count). The number of rotatable bonds is 9. The average Bonchev–Trinajstić information content (AvgIpc) is 2.56. The molecule has 0 saturated carbocycles. The Bertz CT molecular complexity index is 505. The fraction of sp³-hybridized carbons (Fsp3) is 0.529. The highest BCUT2D eigenvalue weighted by atomic mass is 35.5. The highest BCUT2D eigenvalue weighted by molar-refractivity contribution is 6.30. The van der Waals surface area contributed by atoms with Crippen molar-refractivity contribution in [1.29, 1.82) is 0 Å². The molecule has 5 nitrogen and oxygen atoms in total. The maximum atomic E-state index is 12.3. The van der Waals surface area contributed by atoms with E-state index in [1.54, 1.807) is 31.4 Å². The van der Waals surface area contributed by atoms with Crippen LogP contribution in [0.4, 0.5) is 0 Å². The number of carbonyl (C=O) groups excluding carboxylic acids is 2. The summed E-state index contributed by atoms with van der Waals surface area (Å²) in [6.07, 6.45) is 1.53. The summed E-state index contributed by atoms with van der Waals surface area (Å²) in [5.74, 6) is -0.412. The van der Waals surface area contributed by atoms with E-state index >= 15 is 0 Å². The lowest BCUT2D eigenvalue weighted by Crippen LogP contribution is -2.50. The molecule has 0 aromatic heterocycles. The van der Waals surface area contributed by atoms with Gasteiger partial charge in [0.25, 0.3) is 5.91 Å². The minimum atomic E-state index is -0.564. The second-order valence-electron chi connectivity index (χ2n) is 5.48. The Kier molecular flexibility index (Phi) is 8.66. The van der Waals surface area contributed by atoms with Gasteiger partial charge in [-0.1, -0.05) is 31.9 Å². The summed E-state index contributed by atoms with van der Waals surface area (Å²) in [6, 6.07) is 6.02. The number of nitrogens with one attached hydrogen (secondary N) is 2. The van der Waals surface area contributed by atoms with Crippen molar-refractivity contribution < 1.29 is 14.3 Å². The van der Waals surface area contributed by atoms with Gasteiger partial charge in [-0.3, -0.25) is 9.59 Å². The fourth-order valence-corrected chi connectivity index (χ4v) is 2.19. The highest BCUT2D eigenvalue weighted by Gasteiger charge is 2.25. The molecule has 23 heavy (non-hydrogen) atoms. The number of benzene rings is 1. The number of methoxy groups -OCH3 is 1. The summed E-state index contributed by atoms with van der Waals surface area (Å²) in [7, 11) is 1.62. The lowest BCUT2D eigenvalue weighted by molar-refractivity contribution is -0.124. The van der Waals surface area contributed by atoms with Gasteiger partial charge in [-0.25, -0.2) is 0 Å². The van der Waals surface area contributed by atoms with E-state index in [1.165, 1.54) is 0 Å². The van der Waals surface area contributed by atoms with Gasteiger partial charge in [-0.15, -0.1) is 0 Å². The van der Waals surface area contributed by atoms with E-state index in [1.807, 2.05) is 13.8 Å². The zero-order chi connectivity index (χ0) is 17.2. The van der Waals surface area contributed by atoms with Gasteiger partial charge in [0.15, 0.2) is 0 Å². The van der Waals surface area contributed by atoms with Crippen LogP contribution in [-0.2, 0) is 9.53 Å². The van der Waals surface area contributed by atoms with E-state index in [2.05, 4.69) is 10.6 Å². The van der Waals surface area contributed by atoms with Crippen molar-refractivity contribution >= 4 is 23.4 Å². The summed E-state index contributed by atoms with van der Waals surface area (Å²) in [6.45, 7) is 5.05. The minimum absolute atomic E-state index is 0.0358. The van der Waals surface area contributed by atoms with Gasteiger partial charge in [0.05, 0.1) is 0 Å². The van der Waals surface area contributed by atoms with E-state index in [0.717, 1.165) is 12.8 Å². The Balaban J connectivity index is 2.68. The van der Waals surface area contributed by atoms with E-state index in [9.17, 15) is 9.59 Å². The maximum absolute atomic E-state index is 12.3. The topological polar surface area (TPSA) is 67.4 Å². The van der Waals surface area contributed by atoms with Crippen molar-refractivity contribution in [1.82, 2.24) is 10.6 Å². The normalized spacial score (nSPS) is 13.2. The smallest absolute Gasteiger partial charge is 0.251 e. The van der Waals surface area contributed by atoms with E-state index in [-0.39, 0.29) is 17.7 Å². The molecule has 2 N–H and O–H groups in total. The van der Waals surface area contributed by atoms with Crippen molar-refractivity contribution in [3.8, 4) is 0 Å². The van der Waals surface area contributed by atoms with Crippen molar-refractivity contribution in [3.05, 3.63) is 34.9 Å². The molecule has 2 amide bonds. The van der Waals surface area contributed by atoms with E-state index < -0.39 is 6.04 Å². The molecule has 0 aliphatic rings. The first kappa shape index (κ1) is 19.5. The van der Waals surface area contributed by atoms with Gasteiger partial charge in [-0.2, -0.15) is 0 Å². The Labute approximate surface area is 142 Å². The fourth-order valence-electron chi connectivity index (χ4n) is 2.07. The van der Waals surface area contributed by atoms with Gasteiger partial charge < -0.3 is 15.4 Å². The largest absolute Gasteiger partial charge is 0.385 e. The molecule has 0 fully saturated rings. The first-order chi connectivity index (χ1) is 11.0. The van der Waals surface area contributed by atoms with Crippen LogP contribution in [0.1, 0.15) is 37.0 Å². The molecule has 0 radical (unpaired) electrons. The van der Waals surface area contributed by atoms with Crippen LogP contribution in [0.25, 0.3) is 0 Å². The lowest BCUT2D eigenvalue weighted by Gasteiger charge is -2.23. The monoisotopic (exact) mass is 340 g/mol.